The summed E-state index contributed by atoms with van der Waals surface area (Å²) in [6.45, 7) is 4.78. The monoisotopic (exact) mass is 486 g/mol. The van der Waals surface area contributed by atoms with Crippen LogP contribution in [0.3, 0.4) is 0 Å². The Morgan fingerprint density at radius 3 is 2.38 bits per heavy atom. The molecule has 3 aromatic rings. The summed E-state index contributed by atoms with van der Waals surface area (Å²) in [5.74, 6) is 0.313. The van der Waals surface area contributed by atoms with Gasteiger partial charge in [-0.25, -0.2) is 4.98 Å². The molecular formula is C23H23ClN4O2S2. The summed E-state index contributed by atoms with van der Waals surface area (Å²) in [7, 11) is 0. The van der Waals surface area contributed by atoms with E-state index in [0.717, 1.165) is 34.5 Å². The van der Waals surface area contributed by atoms with Crippen molar-refractivity contribution in [1.29, 1.82) is 0 Å². The Morgan fingerprint density at radius 2 is 1.75 bits per heavy atom. The van der Waals surface area contributed by atoms with Gasteiger partial charge >= 0.3 is 0 Å². The van der Waals surface area contributed by atoms with Crippen LogP contribution in [-0.2, 0) is 4.79 Å². The van der Waals surface area contributed by atoms with Gasteiger partial charge in [0.15, 0.2) is 4.34 Å². The first-order valence-electron chi connectivity index (χ1n) is 10.2. The van der Waals surface area contributed by atoms with E-state index in [1.165, 1.54) is 11.8 Å². The number of aromatic nitrogens is 1. The third-order valence-electron chi connectivity index (χ3n) is 5.10. The number of thioether (sulfide) groups is 1. The maximum atomic E-state index is 12.7. The Labute approximate surface area is 200 Å². The molecule has 1 fully saturated rings. The minimum absolute atomic E-state index is 0.0326. The summed E-state index contributed by atoms with van der Waals surface area (Å²) in [6, 6.07) is 14.8. The van der Waals surface area contributed by atoms with Gasteiger partial charge < -0.3 is 15.1 Å². The number of carbonyl (C=O) groups excluding carboxylic acids is 2. The topological polar surface area (TPSA) is 65.5 Å². The molecule has 0 bridgehead atoms. The number of carbonyl (C=O) groups is 2. The second-order valence-corrected chi connectivity index (χ2v) is 9.94. The fourth-order valence-corrected chi connectivity index (χ4v) is 5.20. The van der Waals surface area contributed by atoms with Crippen LogP contribution in [-0.4, -0.2) is 53.6 Å². The van der Waals surface area contributed by atoms with E-state index in [2.05, 4.69) is 15.2 Å². The Morgan fingerprint density at radius 1 is 1.06 bits per heavy atom. The Kier molecular flexibility index (Phi) is 7.34. The molecule has 0 saturated carbocycles. The summed E-state index contributed by atoms with van der Waals surface area (Å²) in [6.07, 6.45) is 0. The van der Waals surface area contributed by atoms with Gasteiger partial charge in [-0.3, -0.25) is 9.59 Å². The van der Waals surface area contributed by atoms with Crippen LogP contribution in [0.4, 0.5) is 11.4 Å². The number of piperazine rings is 1. The molecule has 166 valence electrons. The minimum atomic E-state index is -0.0510. The summed E-state index contributed by atoms with van der Waals surface area (Å²) >= 11 is 8.91. The number of benzene rings is 2. The standard InChI is InChI=1S/C23H23ClN4O2S2/c1-16-14-31-23(25-16)32-15-21(29)26-19-6-8-20(9-7-19)27-10-12-28(13-11-27)22(30)17-2-4-18(24)5-3-17/h2-9,14H,10-13,15H2,1H3,(H,26,29). The Balaban J connectivity index is 1.26. The number of nitrogens with zero attached hydrogens (tertiary/aromatic N) is 3. The maximum Gasteiger partial charge on any atom is 0.253 e. The van der Waals surface area contributed by atoms with Crippen LogP contribution in [0.15, 0.2) is 58.3 Å². The van der Waals surface area contributed by atoms with Crippen molar-refractivity contribution in [2.45, 2.75) is 11.3 Å². The fraction of sp³-hybridized carbons (Fsp3) is 0.261. The highest BCUT2D eigenvalue weighted by molar-refractivity contribution is 8.01. The van der Waals surface area contributed by atoms with Gasteiger partial charge in [-0.2, -0.15) is 0 Å². The first-order chi connectivity index (χ1) is 15.5. The van der Waals surface area contributed by atoms with E-state index in [1.54, 1.807) is 35.6 Å². The van der Waals surface area contributed by atoms with Crippen molar-refractivity contribution in [3.8, 4) is 0 Å². The number of amides is 2. The van der Waals surface area contributed by atoms with Crippen molar-refractivity contribution in [2.24, 2.45) is 0 Å². The molecule has 1 N–H and O–H groups in total. The molecule has 9 heteroatoms. The van der Waals surface area contributed by atoms with Gasteiger partial charge in [-0.05, 0) is 55.5 Å². The predicted octanol–water partition coefficient (Wildman–Crippen LogP) is 4.80. The molecule has 0 spiro atoms. The molecule has 1 aliphatic heterocycles. The molecule has 2 amide bonds. The number of hydrogen-bond acceptors (Lipinski definition) is 6. The van der Waals surface area contributed by atoms with Gasteiger partial charge in [0.2, 0.25) is 5.91 Å². The molecule has 0 unspecified atom stereocenters. The molecule has 2 aromatic carbocycles. The van der Waals surface area contributed by atoms with E-state index < -0.39 is 0 Å². The van der Waals surface area contributed by atoms with Gasteiger partial charge in [0.05, 0.1) is 5.75 Å². The second-order valence-electron chi connectivity index (χ2n) is 7.42. The van der Waals surface area contributed by atoms with Crippen LogP contribution < -0.4 is 10.2 Å². The molecule has 1 aromatic heterocycles. The van der Waals surface area contributed by atoms with E-state index >= 15 is 0 Å². The average molecular weight is 487 g/mol. The quantitative estimate of drug-likeness (QED) is 0.507. The SMILES string of the molecule is Cc1csc(SCC(=O)Nc2ccc(N3CCN(C(=O)c4ccc(Cl)cc4)CC3)cc2)n1. The molecule has 6 nitrogen and oxygen atoms in total. The second kappa shape index (κ2) is 10.4. The highest BCUT2D eigenvalue weighted by Gasteiger charge is 2.22. The zero-order chi connectivity index (χ0) is 22.5. The van der Waals surface area contributed by atoms with Crippen molar-refractivity contribution >= 4 is 57.9 Å². The molecule has 0 aliphatic carbocycles. The molecule has 2 heterocycles. The van der Waals surface area contributed by atoms with Crippen molar-refractivity contribution in [2.75, 3.05) is 42.1 Å². The van der Waals surface area contributed by atoms with Gasteiger partial charge in [-0.1, -0.05) is 23.4 Å². The van der Waals surface area contributed by atoms with Crippen molar-refractivity contribution < 1.29 is 9.59 Å². The fourth-order valence-electron chi connectivity index (χ4n) is 3.42. The summed E-state index contributed by atoms with van der Waals surface area (Å²) in [5.41, 5.74) is 3.48. The zero-order valence-electron chi connectivity index (χ0n) is 17.6. The molecular weight excluding hydrogens is 464 g/mol. The minimum Gasteiger partial charge on any atom is -0.368 e. The van der Waals surface area contributed by atoms with Crippen LogP contribution in [0.25, 0.3) is 0 Å². The highest BCUT2D eigenvalue weighted by Crippen LogP contribution is 2.23. The van der Waals surface area contributed by atoms with Gasteiger partial charge in [0, 0.05) is 59.2 Å². The Bertz CT molecular complexity index is 1080. The van der Waals surface area contributed by atoms with Crippen LogP contribution in [0.5, 0.6) is 0 Å². The van der Waals surface area contributed by atoms with E-state index in [1.807, 2.05) is 41.5 Å². The third-order valence-corrected chi connectivity index (χ3v) is 7.49. The molecule has 1 aliphatic rings. The smallest absolute Gasteiger partial charge is 0.253 e. The maximum absolute atomic E-state index is 12.7. The zero-order valence-corrected chi connectivity index (χ0v) is 20.0. The molecule has 32 heavy (non-hydrogen) atoms. The summed E-state index contributed by atoms with van der Waals surface area (Å²) < 4.78 is 0.904. The molecule has 1 saturated heterocycles. The lowest BCUT2D eigenvalue weighted by Gasteiger charge is -2.36. The van der Waals surface area contributed by atoms with Crippen molar-refractivity contribution in [3.05, 3.63) is 70.2 Å². The van der Waals surface area contributed by atoms with Crippen molar-refractivity contribution in [3.63, 3.8) is 0 Å². The number of aryl methyl sites for hydroxylation is 1. The number of thiazole rings is 1. The van der Waals surface area contributed by atoms with Gasteiger partial charge in [-0.15, -0.1) is 11.3 Å². The van der Waals surface area contributed by atoms with Gasteiger partial charge in [0.1, 0.15) is 0 Å². The lowest BCUT2D eigenvalue weighted by atomic mass is 10.1. The van der Waals surface area contributed by atoms with Crippen LogP contribution in [0.1, 0.15) is 16.1 Å². The van der Waals surface area contributed by atoms with E-state index in [0.29, 0.717) is 29.4 Å². The van der Waals surface area contributed by atoms with Crippen LogP contribution in [0, 0.1) is 6.92 Å². The summed E-state index contributed by atoms with van der Waals surface area (Å²) in [5, 5.41) is 5.53. The predicted molar refractivity (Wildman–Crippen MR) is 132 cm³/mol. The summed E-state index contributed by atoms with van der Waals surface area (Å²) in [4.78, 5) is 33.3. The van der Waals surface area contributed by atoms with Crippen LogP contribution >= 0.6 is 34.7 Å². The normalized spacial score (nSPS) is 13.8. The van der Waals surface area contributed by atoms with Gasteiger partial charge in [0.25, 0.3) is 5.91 Å². The Hall–Kier alpha value is -2.55. The number of hydrogen-bond donors (Lipinski definition) is 1. The number of nitrogens with one attached hydrogen (secondary N) is 1. The van der Waals surface area contributed by atoms with E-state index in [-0.39, 0.29) is 11.8 Å². The number of rotatable bonds is 6. The number of anilines is 2. The van der Waals surface area contributed by atoms with Crippen LogP contribution in [0.2, 0.25) is 5.02 Å². The highest BCUT2D eigenvalue weighted by atomic mass is 35.5. The molecule has 4 rings (SSSR count). The van der Waals surface area contributed by atoms with Crippen molar-refractivity contribution in [1.82, 2.24) is 9.88 Å². The van der Waals surface area contributed by atoms with E-state index in [9.17, 15) is 9.59 Å². The lowest BCUT2D eigenvalue weighted by molar-refractivity contribution is -0.113. The largest absolute Gasteiger partial charge is 0.368 e. The molecule has 0 atom stereocenters. The molecule has 0 radical (unpaired) electrons. The third kappa shape index (κ3) is 5.82. The lowest BCUT2D eigenvalue weighted by Crippen LogP contribution is -2.48. The first kappa shape index (κ1) is 22.6. The first-order valence-corrected chi connectivity index (χ1v) is 12.5. The van der Waals surface area contributed by atoms with E-state index in [4.69, 9.17) is 11.6 Å². The number of halogens is 1. The average Bonchev–Trinajstić information content (AvgIpc) is 3.23.